The summed E-state index contributed by atoms with van der Waals surface area (Å²) >= 11 is 4.79. The molecule has 1 aromatic heterocycles. The van der Waals surface area contributed by atoms with Crippen LogP contribution in [0.25, 0.3) is 5.69 Å². The molecule has 2 aromatic rings. The van der Waals surface area contributed by atoms with Crippen molar-refractivity contribution in [1.29, 1.82) is 0 Å². The Hall–Kier alpha value is -1.95. The summed E-state index contributed by atoms with van der Waals surface area (Å²) in [5.41, 5.74) is 5.78. The predicted molar refractivity (Wildman–Crippen MR) is 64.7 cm³/mol. The number of benzene rings is 1. The standard InChI is InChI=1S/C10H10N4OS/c1-7-12-14(8-5-3-2-4-6-8)10(15)13(7)9(11)16/h2-6H,1H3,(H2,11,16). The maximum atomic E-state index is 11.9. The molecule has 1 heterocycles. The van der Waals surface area contributed by atoms with Gasteiger partial charge in [-0.1, -0.05) is 18.2 Å². The molecule has 0 unspecified atom stereocenters. The van der Waals surface area contributed by atoms with Crippen molar-refractivity contribution in [3.8, 4) is 5.69 Å². The number of hydrogen-bond acceptors (Lipinski definition) is 3. The Morgan fingerprint density at radius 1 is 1.38 bits per heavy atom. The summed E-state index contributed by atoms with van der Waals surface area (Å²) in [7, 11) is 0. The fourth-order valence-corrected chi connectivity index (χ4v) is 1.67. The van der Waals surface area contributed by atoms with Crippen molar-refractivity contribution in [2.75, 3.05) is 0 Å². The summed E-state index contributed by atoms with van der Waals surface area (Å²) < 4.78 is 2.47. The zero-order valence-corrected chi connectivity index (χ0v) is 9.44. The Morgan fingerprint density at radius 3 is 2.50 bits per heavy atom. The Bertz CT molecular complexity index is 585. The van der Waals surface area contributed by atoms with Gasteiger partial charge in [-0.3, -0.25) is 0 Å². The average molecular weight is 234 g/mol. The number of para-hydroxylation sites is 1. The van der Waals surface area contributed by atoms with E-state index in [-0.39, 0.29) is 10.8 Å². The van der Waals surface area contributed by atoms with Crippen LogP contribution in [0.3, 0.4) is 0 Å². The van der Waals surface area contributed by atoms with Crippen LogP contribution in [0.4, 0.5) is 0 Å². The van der Waals surface area contributed by atoms with E-state index in [1.807, 2.05) is 18.2 Å². The highest BCUT2D eigenvalue weighted by molar-refractivity contribution is 7.80. The first-order valence-corrected chi connectivity index (χ1v) is 5.06. The molecule has 0 amide bonds. The molecule has 0 atom stereocenters. The van der Waals surface area contributed by atoms with Crippen molar-refractivity contribution >= 4 is 17.3 Å². The molecule has 0 saturated heterocycles. The van der Waals surface area contributed by atoms with Crippen LogP contribution in [0.2, 0.25) is 0 Å². The van der Waals surface area contributed by atoms with E-state index in [2.05, 4.69) is 5.10 Å². The number of thiocarbonyl (C=S) groups is 1. The fourth-order valence-electron chi connectivity index (χ4n) is 1.46. The first-order valence-electron chi connectivity index (χ1n) is 4.65. The number of nitrogens with two attached hydrogens (primary N) is 1. The summed E-state index contributed by atoms with van der Waals surface area (Å²) in [6, 6.07) is 9.11. The van der Waals surface area contributed by atoms with Crippen molar-refractivity contribution in [2.45, 2.75) is 6.92 Å². The molecule has 0 aliphatic rings. The number of aryl methyl sites for hydroxylation is 1. The third kappa shape index (κ3) is 1.63. The quantitative estimate of drug-likeness (QED) is 0.727. The smallest absolute Gasteiger partial charge is 0.357 e. The zero-order valence-electron chi connectivity index (χ0n) is 8.62. The first kappa shape index (κ1) is 10.6. The van der Waals surface area contributed by atoms with Crippen molar-refractivity contribution in [2.24, 2.45) is 5.73 Å². The van der Waals surface area contributed by atoms with Gasteiger partial charge in [0.1, 0.15) is 5.82 Å². The molecule has 0 radical (unpaired) electrons. The second-order valence-corrected chi connectivity index (χ2v) is 3.67. The van der Waals surface area contributed by atoms with Crippen LogP contribution in [0, 0.1) is 6.92 Å². The van der Waals surface area contributed by atoms with Gasteiger partial charge in [0.15, 0.2) is 5.11 Å². The Morgan fingerprint density at radius 2 is 2.00 bits per heavy atom. The summed E-state index contributed by atoms with van der Waals surface area (Å²) in [5, 5.41) is 4.11. The highest BCUT2D eigenvalue weighted by atomic mass is 32.1. The lowest BCUT2D eigenvalue weighted by Gasteiger charge is -1.97. The Labute approximate surface area is 97.1 Å². The second-order valence-electron chi connectivity index (χ2n) is 3.25. The van der Waals surface area contributed by atoms with E-state index >= 15 is 0 Å². The minimum atomic E-state index is -0.351. The Kier molecular flexibility index (Phi) is 2.57. The molecular formula is C10H10N4OS. The molecule has 2 N–H and O–H groups in total. The van der Waals surface area contributed by atoms with E-state index in [0.29, 0.717) is 11.5 Å². The summed E-state index contributed by atoms with van der Waals surface area (Å²) in [4.78, 5) is 11.9. The van der Waals surface area contributed by atoms with E-state index in [9.17, 15) is 4.79 Å². The highest BCUT2D eigenvalue weighted by Crippen LogP contribution is 2.02. The van der Waals surface area contributed by atoms with Crippen LogP contribution >= 0.6 is 12.2 Å². The molecule has 1 aromatic carbocycles. The third-order valence-electron chi connectivity index (χ3n) is 2.16. The normalized spacial score (nSPS) is 10.3. The summed E-state index contributed by atoms with van der Waals surface area (Å²) in [6.07, 6.45) is 0. The van der Waals surface area contributed by atoms with E-state index in [4.69, 9.17) is 18.0 Å². The second kappa shape index (κ2) is 3.90. The molecule has 5 nitrogen and oxygen atoms in total. The number of nitrogens with zero attached hydrogens (tertiary/aromatic N) is 3. The lowest BCUT2D eigenvalue weighted by atomic mass is 10.3. The topological polar surface area (TPSA) is 65.8 Å². The monoisotopic (exact) mass is 234 g/mol. The van der Waals surface area contributed by atoms with Gasteiger partial charge < -0.3 is 5.73 Å². The number of aromatic nitrogens is 3. The minimum Gasteiger partial charge on any atom is -0.375 e. The van der Waals surface area contributed by atoms with Crippen LogP contribution in [-0.2, 0) is 0 Å². The van der Waals surface area contributed by atoms with Gasteiger partial charge in [-0.25, -0.2) is 9.36 Å². The van der Waals surface area contributed by atoms with Gasteiger partial charge in [0.25, 0.3) is 0 Å². The van der Waals surface area contributed by atoms with Crippen LogP contribution in [0.1, 0.15) is 5.82 Å². The maximum absolute atomic E-state index is 11.9. The SMILES string of the molecule is Cc1nn(-c2ccccc2)c(=O)n1C(N)=S. The van der Waals surface area contributed by atoms with Crippen molar-refractivity contribution in [3.63, 3.8) is 0 Å². The molecule has 0 aliphatic carbocycles. The Balaban J connectivity index is 2.66. The third-order valence-corrected chi connectivity index (χ3v) is 2.34. The van der Waals surface area contributed by atoms with Crippen LogP contribution < -0.4 is 11.4 Å². The molecule has 0 bridgehead atoms. The fraction of sp³-hybridized carbons (Fsp3) is 0.100. The van der Waals surface area contributed by atoms with E-state index in [0.717, 1.165) is 0 Å². The van der Waals surface area contributed by atoms with Crippen LogP contribution in [0.15, 0.2) is 35.1 Å². The average Bonchev–Trinajstić information content (AvgIpc) is 2.55. The van der Waals surface area contributed by atoms with E-state index in [1.54, 1.807) is 19.1 Å². The number of hydrogen-bond donors (Lipinski definition) is 1. The molecule has 2 rings (SSSR count). The molecule has 16 heavy (non-hydrogen) atoms. The minimum absolute atomic E-state index is 0.00433. The molecule has 82 valence electrons. The van der Waals surface area contributed by atoms with Crippen molar-refractivity contribution in [3.05, 3.63) is 46.6 Å². The summed E-state index contributed by atoms with van der Waals surface area (Å²) in [5.74, 6) is 0.473. The van der Waals surface area contributed by atoms with Gasteiger partial charge in [-0.2, -0.15) is 4.68 Å². The molecule has 0 fully saturated rings. The van der Waals surface area contributed by atoms with Gasteiger partial charge in [-0.15, -0.1) is 5.10 Å². The lowest BCUT2D eigenvalue weighted by molar-refractivity contribution is 0.830. The summed E-state index contributed by atoms with van der Waals surface area (Å²) in [6.45, 7) is 1.68. The first-order chi connectivity index (χ1) is 7.61. The lowest BCUT2D eigenvalue weighted by Crippen LogP contribution is -2.33. The predicted octanol–water partition coefficient (Wildman–Crippen LogP) is 0.434. The molecule has 6 heteroatoms. The zero-order chi connectivity index (χ0) is 11.7. The number of rotatable bonds is 1. The van der Waals surface area contributed by atoms with Gasteiger partial charge in [0.2, 0.25) is 0 Å². The molecule has 0 aliphatic heterocycles. The largest absolute Gasteiger partial charge is 0.375 e. The van der Waals surface area contributed by atoms with Gasteiger partial charge >= 0.3 is 5.69 Å². The van der Waals surface area contributed by atoms with Gasteiger partial charge in [-0.05, 0) is 31.3 Å². The van der Waals surface area contributed by atoms with Crippen LogP contribution in [0.5, 0.6) is 0 Å². The van der Waals surface area contributed by atoms with Gasteiger partial charge in [0, 0.05) is 0 Å². The maximum Gasteiger partial charge on any atom is 0.357 e. The highest BCUT2D eigenvalue weighted by Gasteiger charge is 2.12. The molecule has 0 spiro atoms. The van der Waals surface area contributed by atoms with E-state index in [1.165, 1.54) is 9.25 Å². The molecule has 0 saturated carbocycles. The molecular weight excluding hydrogens is 224 g/mol. The van der Waals surface area contributed by atoms with E-state index < -0.39 is 0 Å². The van der Waals surface area contributed by atoms with Crippen molar-refractivity contribution < 1.29 is 0 Å². The van der Waals surface area contributed by atoms with Crippen molar-refractivity contribution in [1.82, 2.24) is 14.3 Å². The van der Waals surface area contributed by atoms with Crippen LogP contribution in [-0.4, -0.2) is 19.5 Å². The van der Waals surface area contributed by atoms with Gasteiger partial charge in [0.05, 0.1) is 5.69 Å².